The van der Waals surface area contributed by atoms with Gasteiger partial charge < -0.3 is 10.1 Å². The van der Waals surface area contributed by atoms with Gasteiger partial charge in [-0.1, -0.05) is 13.0 Å². The van der Waals surface area contributed by atoms with Crippen molar-refractivity contribution < 1.29 is 4.74 Å². The fourth-order valence-corrected chi connectivity index (χ4v) is 1.62. The molecule has 0 spiro atoms. The third-order valence-corrected chi connectivity index (χ3v) is 2.63. The van der Waals surface area contributed by atoms with Gasteiger partial charge in [0.1, 0.15) is 0 Å². The first-order chi connectivity index (χ1) is 8.69. The van der Waals surface area contributed by atoms with E-state index in [0.717, 1.165) is 24.5 Å². The zero-order valence-electron chi connectivity index (χ0n) is 10.9. The second-order valence-corrected chi connectivity index (χ2v) is 4.17. The average Bonchev–Trinajstić information content (AvgIpc) is 2.74. The van der Waals surface area contributed by atoms with E-state index in [1.54, 1.807) is 0 Å². The lowest BCUT2D eigenvalue weighted by atomic mass is 10.2. The molecule has 0 bridgehead atoms. The smallest absolute Gasteiger partial charge is 0.240 e. The van der Waals surface area contributed by atoms with Crippen molar-refractivity contribution in [3.8, 4) is 11.8 Å². The van der Waals surface area contributed by atoms with E-state index in [4.69, 9.17) is 4.74 Å². The molecule has 18 heavy (non-hydrogen) atoms. The molecule has 2 aromatic heterocycles. The van der Waals surface area contributed by atoms with E-state index < -0.39 is 0 Å². The summed E-state index contributed by atoms with van der Waals surface area (Å²) in [6.07, 6.45) is 0. The zero-order chi connectivity index (χ0) is 13.0. The van der Waals surface area contributed by atoms with Crippen molar-refractivity contribution in [1.29, 1.82) is 0 Å². The molecule has 2 heterocycles. The lowest BCUT2D eigenvalue weighted by molar-refractivity contribution is 0.441. The Hall–Kier alpha value is -1.88. The normalized spacial score (nSPS) is 10.6. The Balaban J connectivity index is 2.08. The number of nitrogens with zero attached hydrogens (tertiary/aromatic N) is 2. The molecule has 0 saturated carbocycles. The Morgan fingerprint density at radius 2 is 2.11 bits per heavy atom. The van der Waals surface area contributed by atoms with Crippen LogP contribution in [0, 0.1) is 13.8 Å². The first-order valence-corrected chi connectivity index (χ1v) is 6.06. The molecule has 2 rings (SSSR count). The first kappa shape index (κ1) is 12.6. The van der Waals surface area contributed by atoms with Crippen molar-refractivity contribution in [3.05, 3.63) is 35.2 Å². The molecule has 0 aliphatic carbocycles. The fraction of sp³-hybridized carbons (Fsp3) is 0.385. The van der Waals surface area contributed by atoms with Gasteiger partial charge in [0.15, 0.2) is 0 Å². The number of ether oxygens (including phenoxy) is 1. The predicted molar refractivity (Wildman–Crippen MR) is 69.8 cm³/mol. The van der Waals surface area contributed by atoms with Gasteiger partial charge in [0.05, 0.1) is 0 Å². The van der Waals surface area contributed by atoms with Crippen molar-refractivity contribution in [2.24, 2.45) is 0 Å². The van der Waals surface area contributed by atoms with E-state index in [2.05, 4.69) is 27.4 Å². The summed E-state index contributed by atoms with van der Waals surface area (Å²) in [7, 11) is 0. The van der Waals surface area contributed by atoms with Crippen LogP contribution in [0.2, 0.25) is 0 Å². The summed E-state index contributed by atoms with van der Waals surface area (Å²) in [5, 5.41) is 10.1. The molecule has 0 fully saturated rings. The van der Waals surface area contributed by atoms with Crippen molar-refractivity contribution in [1.82, 2.24) is 20.5 Å². The number of aromatic nitrogens is 3. The first-order valence-electron chi connectivity index (χ1n) is 6.06. The van der Waals surface area contributed by atoms with Gasteiger partial charge in [-0.05, 0) is 26.0 Å². The van der Waals surface area contributed by atoms with Crippen molar-refractivity contribution in [2.45, 2.75) is 27.3 Å². The fourth-order valence-electron chi connectivity index (χ4n) is 1.62. The highest BCUT2D eigenvalue weighted by Gasteiger charge is 2.05. The van der Waals surface area contributed by atoms with E-state index in [1.165, 1.54) is 5.56 Å². The van der Waals surface area contributed by atoms with Gasteiger partial charge in [-0.25, -0.2) is 4.98 Å². The lowest BCUT2D eigenvalue weighted by Crippen LogP contribution is -2.13. The Kier molecular flexibility index (Phi) is 3.94. The van der Waals surface area contributed by atoms with Crippen LogP contribution >= 0.6 is 0 Å². The quantitative estimate of drug-likeness (QED) is 0.850. The molecule has 0 aliphatic rings. The number of hydrogen-bond donors (Lipinski definition) is 2. The molecule has 2 aromatic rings. The summed E-state index contributed by atoms with van der Waals surface area (Å²) in [6, 6.07) is 5.73. The largest absolute Gasteiger partial charge is 0.419 e. The van der Waals surface area contributed by atoms with Crippen LogP contribution in [0.3, 0.4) is 0 Å². The molecule has 0 radical (unpaired) electrons. The van der Waals surface area contributed by atoms with Crippen LogP contribution in [-0.2, 0) is 6.54 Å². The molecule has 0 unspecified atom stereocenters. The van der Waals surface area contributed by atoms with Gasteiger partial charge in [0.25, 0.3) is 0 Å². The molecule has 96 valence electrons. The van der Waals surface area contributed by atoms with Crippen LogP contribution in [0.4, 0.5) is 0 Å². The Morgan fingerprint density at radius 1 is 1.28 bits per heavy atom. The Labute approximate surface area is 107 Å². The highest BCUT2D eigenvalue weighted by Crippen LogP contribution is 2.19. The van der Waals surface area contributed by atoms with Crippen LogP contribution in [0.1, 0.15) is 23.9 Å². The number of nitrogens with one attached hydrogen (secondary N) is 2. The van der Waals surface area contributed by atoms with Gasteiger partial charge in [-0.2, -0.15) is 0 Å². The number of pyridine rings is 1. The Morgan fingerprint density at radius 3 is 2.72 bits per heavy atom. The molecule has 0 amide bonds. The van der Waals surface area contributed by atoms with Crippen molar-refractivity contribution in [3.63, 3.8) is 0 Å². The average molecular weight is 246 g/mol. The summed E-state index contributed by atoms with van der Waals surface area (Å²) in [6.45, 7) is 7.77. The van der Waals surface area contributed by atoms with Crippen LogP contribution in [0.15, 0.2) is 18.2 Å². The maximum absolute atomic E-state index is 5.57. The van der Waals surface area contributed by atoms with Gasteiger partial charge in [-0.15, -0.1) is 5.10 Å². The van der Waals surface area contributed by atoms with Gasteiger partial charge in [0.2, 0.25) is 11.8 Å². The summed E-state index contributed by atoms with van der Waals surface area (Å²) >= 11 is 0. The molecular weight excluding hydrogens is 228 g/mol. The number of aromatic amines is 1. The molecule has 0 aromatic carbocycles. The van der Waals surface area contributed by atoms with Gasteiger partial charge >= 0.3 is 0 Å². The highest BCUT2D eigenvalue weighted by atomic mass is 16.5. The van der Waals surface area contributed by atoms with E-state index in [1.807, 2.05) is 32.0 Å². The summed E-state index contributed by atoms with van der Waals surface area (Å²) in [4.78, 5) is 4.41. The summed E-state index contributed by atoms with van der Waals surface area (Å²) in [5.41, 5.74) is 3.12. The van der Waals surface area contributed by atoms with E-state index in [0.29, 0.717) is 11.8 Å². The second-order valence-electron chi connectivity index (χ2n) is 4.17. The minimum absolute atomic E-state index is 0.541. The van der Waals surface area contributed by atoms with Crippen molar-refractivity contribution >= 4 is 0 Å². The monoisotopic (exact) mass is 246 g/mol. The van der Waals surface area contributed by atoms with Crippen LogP contribution in [-0.4, -0.2) is 21.7 Å². The van der Waals surface area contributed by atoms with E-state index in [9.17, 15) is 0 Å². The maximum atomic E-state index is 5.57. The lowest BCUT2D eigenvalue weighted by Gasteiger charge is -2.07. The molecule has 0 aliphatic heterocycles. The molecule has 0 atom stereocenters. The van der Waals surface area contributed by atoms with Gasteiger partial charge in [-0.3, -0.25) is 5.10 Å². The van der Waals surface area contributed by atoms with E-state index >= 15 is 0 Å². The molecule has 2 N–H and O–H groups in total. The SMILES string of the molecule is CCNCc1ccc(Oc2cc(C)[nH]n2)nc1C. The third kappa shape index (κ3) is 3.07. The number of H-pyrrole nitrogens is 1. The van der Waals surface area contributed by atoms with Crippen molar-refractivity contribution in [2.75, 3.05) is 6.54 Å². The van der Waals surface area contributed by atoms with Crippen LogP contribution < -0.4 is 10.1 Å². The van der Waals surface area contributed by atoms with Crippen LogP contribution in [0.25, 0.3) is 0 Å². The number of rotatable bonds is 5. The Bertz CT molecular complexity index is 521. The zero-order valence-corrected chi connectivity index (χ0v) is 10.9. The highest BCUT2D eigenvalue weighted by molar-refractivity contribution is 5.27. The molecule has 0 saturated heterocycles. The van der Waals surface area contributed by atoms with Crippen LogP contribution in [0.5, 0.6) is 11.8 Å². The minimum Gasteiger partial charge on any atom is -0.419 e. The number of aryl methyl sites for hydroxylation is 2. The standard InChI is InChI=1S/C13H18N4O/c1-4-14-8-11-5-6-12(15-10(11)3)18-13-7-9(2)16-17-13/h5-7,14H,4,8H2,1-3H3,(H,16,17). The maximum Gasteiger partial charge on any atom is 0.240 e. The van der Waals surface area contributed by atoms with Gasteiger partial charge in [0, 0.05) is 30.1 Å². The molecular formula is C13H18N4O. The summed E-state index contributed by atoms with van der Waals surface area (Å²) in [5.74, 6) is 1.11. The topological polar surface area (TPSA) is 62.8 Å². The summed E-state index contributed by atoms with van der Waals surface area (Å²) < 4.78 is 5.57. The second kappa shape index (κ2) is 5.64. The third-order valence-electron chi connectivity index (χ3n) is 2.63. The van der Waals surface area contributed by atoms with E-state index in [-0.39, 0.29) is 0 Å². The minimum atomic E-state index is 0.541. The molecule has 5 heteroatoms. The number of hydrogen-bond acceptors (Lipinski definition) is 4. The predicted octanol–water partition coefficient (Wildman–Crippen LogP) is 2.32. The molecule has 5 nitrogen and oxygen atoms in total.